The Morgan fingerprint density at radius 1 is 0.951 bits per heavy atom. The van der Waals surface area contributed by atoms with Gasteiger partial charge in [0.2, 0.25) is 0 Å². The first-order valence-electron chi connectivity index (χ1n) is 14.2. The normalized spacial score (nSPS) is 13.3. The van der Waals surface area contributed by atoms with Crippen LogP contribution in [-0.4, -0.2) is 34.0 Å². The maximum absolute atomic E-state index is 14.1. The second-order valence-corrected chi connectivity index (χ2v) is 14.3. The van der Waals surface area contributed by atoms with Crippen LogP contribution in [-0.2, 0) is 27.3 Å². The molecule has 0 radical (unpaired) electrons. The minimum atomic E-state index is -0.913. The Kier molecular flexibility index (Phi) is 9.49. The molecule has 1 unspecified atom stereocenters. The Morgan fingerprint density at radius 3 is 2.07 bits per heavy atom. The van der Waals surface area contributed by atoms with Crippen LogP contribution in [0.4, 0.5) is 0 Å². The molecule has 0 aliphatic heterocycles. The van der Waals surface area contributed by atoms with Crippen LogP contribution in [0, 0.1) is 16.2 Å². The number of carboxylic acids is 1. The van der Waals surface area contributed by atoms with Crippen molar-refractivity contribution in [2.75, 3.05) is 6.61 Å². The van der Waals surface area contributed by atoms with Gasteiger partial charge in [0.25, 0.3) is 0 Å². The predicted molar refractivity (Wildman–Crippen MR) is 165 cm³/mol. The summed E-state index contributed by atoms with van der Waals surface area (Å²) in [5.41, 5.74) is 1.99. The number of carboxylic acid groups (broad SMARTS) is 1. The van der Waals surface area contributed by atoms with E-state index in [0.717, 1.165) is 16.8 Å². The molecule has 3 aromatic rings. The third-order valence-electron chi connectivity index (χ3n) is 7.30. The predicted octanol–water partition coefficient (Wildman–Crippen LogP) is 8.31. The van der Waals surface area contributed by atoms with E-state index in [0.29, 0.717) is 34.5 Å². The molecule has 6 nitrogen and oxygen atoms in total. The van der Waals surface area contributed by atoms with Crippen LogP contribution in [0.25, 0.3) is 10.9 Å². The second-order valence-electron chi connectivity index (χ2n) is 13.9. The number of esters is 1. The summed E-state index contributed by atoms with van der Waals surface area (Å²) >= 11 is 6.16. The summed E-state index contributed by atoms with van der Waals surface area (Å²) in [6, 6.07) is 13.2. The lowest BCUT2D eigenvalue weighted by molar-refractivity contribution is -0.153. The Balaban J connectivity index is 2.40. The Morgan fingerprint density at radius 2 is 1.56 bits per heavy atom. The number of halogens is 1. The second kappa shape index (κ2) is 12.0. The van der Waals surface area contributed by atoms with E-state index in [2.05, 4.69) is 4.57 Å². The molecule has 2 aromatic carbocycles. The molecular formula is C34H44ClNO5. The van der Waals surface area contributed by atoms with Gasteiger partial charge in [-0.3, -0.25) is 14.4 Å². The van der Waals surface area contributed by atoms with Crippen molar-refractivity contribution in [3.8, 4) is 0 Å². The molecule has 1 aromatic heterocycles. The molecule has 0 aliphatic carbocycles. The Bertz CT molecular complexity index is 1430. The number of ketones is 1. The topological polar surface area (TPSA) is 85.6 Å². The highest BCUT2D eigenvalue weighted by Crippen LogP contribution is 2.40. The molecule has 7 heteroatoms. The molecule has 1 atom stereocenters. The van der Waals surface area contributed by atoms with E-state index in [9.17, 15) is 19.5 Å². The highest BCUT2D eigenvalue weighted by molar-refractivity contribution is 6.30. The summed E-state index contributed by atoms with van der Waals surface area (Å²) in [7, 11) is 0. The average molecular weight is 582 g/mol. The fraction of sp³-hybridized carbons (Fsp3) is 0.500. The zero-order valence-corrected chi connectivity index (χ0v) is 26.6. The molecule has 3 rings (SSSR count). The molecule has 0 spiro atoms. The van der Waals surface area contributed by atoms with E-state index < -0.39 is 22.7 Å². The number of ether oxygens (including phenoxy) is 1. The molecule has 0 saturated heterocycles. The lowest BCUT2D eigenvalue weighted by atomic mass is 9.76. The number of rotatable bonds is 10. The fourth-order valence-corrected chi connectivity index (χ4v) is 5.58. The first-order valence-corrected chi connectivity index (χ1v) is 14.6. The SMILES string of the molecule is CCOC(=O)C(C)(C)Cc1c(C(=O)CC(C)(C)C)c2cc(C(C(=O)O)C(C)(C)C)ccc2n1Cc1ccc(Cl)cc1. The third-order valence-corrected chi connectivity index (χ3v) is 7.55. The van der Waals surface area contributed by atoms with Gasteiger partial charge in [-0.05, 0) is 67.0 Å². The standard InChI is InChI=1S/C34H44ClNO5/c1-10-41-31(40)34(8,9)18-26-28(27(37)19-32(2,3)4)24-17-22(29(30(38)39)33(5,6)7)13-16-25(24)36(26)20-21-11-14-23(35)15-12-21/h11-17,29H,10,18-20H2,1-9H3,(H,38,39). The summed E-state index contributed by atoms with van der Waals surface area (Å²) in [5, 5.41) is 11.5. The number of hydrogen-bond acceptors (Lipinski definition) is 4. The number of Topliss-reactive ketones (excluding diaryl/α,β-unsaturated/α-hetero) is 1. The first-order chi connectivity index (χ1) is 18.9. The lowest BCUT2D eigenvalue weighted by Crippen LogP contribution is -2.31. The van der Waals surface area contributed by atoms with Crippen LogP contribution in [0.5, 0.6) is 0 Å². The number of carbonyl (C=O) groups is 3. The molecule has 0 bridgehead atoms. The van der Waals surface area contributed by atoms with Gasteiger partial charge < -0.3 is 14.4 Å². The van der Waals surface area contributed by atoms with E-state index >= 15 is 0 Å². The van der Waals surface area contributed by atoms with Crippen LogP contribution in [0.15, 0.2) is 42.5 Å². The molecule has 1 N–H and O–H groups in total. The van der Waals surface area contributed by atoms with Gasteiger partial charge in [0.05, 0.1) is 17.9 Å². The van der Waals surface area contributed by atoms with E-state index in [1.807, 2.05) is 97.9 Å². The lowest BCUT2D eigenvalue weighted by Gasteiger charge is -2.27. The van der Waals surface area contributed by atoms with Crippen LogP contribution in [0.2, 0.25) is 5.02 Å². The van der Waals surface area contributed by atoms with Crippen molar-refractivity contribution in [3.63, 3.8) is 0 Å². The number of fused-ring (bicyclic) bond motifs is 1. The quantitative estimate of drug-likeness (QED) is 0.192. The van der Waals surface area contributed by atoms with Crippen molar-refractivity contribution >= 4 is 40.2 Å². The maximum atomic E-state index is 14.1. The summed E-state index contributed by atoms with van der Waals surface area (Å²) in [4.78, 5) is 39.6. The first kappa shape index (κ1) is 32.4. The van der Waals surface area contributed by atoms with Crippen molar-refractivity contribution in [2.45, 2.75) is 87.6 Å². The molecule has 222 valence electrons. The van der Waals surface area contributed by atoms with E-state index in [1.165, 1.54) is 0 Å². The molecule has 1 heterocycles. The number of nitrogens with zero attached hydrogens (tertiary/aromatic N) is 1. The number of benzene rings is 2. The van der Waals surface area contributed by atoms with Gasteiger partial charge in [0.1, 0.15) is 0 Å². The van der Waals surface area contributed by atoms with Crippen LogP contribution in [0.1, 0.15) is 102 Å². The molecule has 0 amide bonds. The minimum absolute atomic E-state index is 0.0354. The number of aliphatic carboxylic acids is 1. The van der Waals surface area contributed by atoms with Crippen LogP contribution >= 0.6 is 11.6 Å². The van der Waals surface area contributed by atoms with Gasteiger partial charge in [-0.1, -0.05) is 71.3 Å². The van der Waals surface area contributed by atoms with E-state index in [4.69, 9.17) is 16.3 Å². The summed E-state index contributed by atoms with van der Waals surface area (Å²) in [5.74, 6) is -2.05. The largest absolute Gasteiger partial charge is 0.481 e. The van der Waals surface area contributed by atoms with Crippen molar-refractivity contribution < 1.29 is 24.2 Å². The number of carbonyl (C=O) groups excluding carboxylic acids is 2. The molecular weight excluding hydrogens is 538 g/mol. The van der Waals surface area contributed by atoms with Crippen molar-refractivity contribution in [1.29, 1.82) is 0 Å². The summed E-state index contributed by atoms with van der Waals surface area (Å²) in [6.45, 7) is 17.9. The average Bonchev–Trinajstić information content (AvgIpc) is 3.10. The number of hydrogen-bond donors (Lipinski definition) is 1. The Hall–Kier alpha value is -3.12. The van der Waals surface area contributed by atoms with Gasteiger partial charge in [0, 0.05) is 46.6 Å². The van der Waals surface area contributed by atoms with Gasteiger partial charge in [-0.15, -0.1) is 0 Å². The zero-order chi connectivity index (χ0) is 30.9. The van der Waals surface area contributed by atoms with Gasteiger partial charge >= 0.3 is 11.9 Å². The van der Waals surface area contributed by atoms with Gasteiger partial charge in [0.15, 0.2) is 5.78 Å². The highest BCUT2D eigenvalue weighted by Gasteiger charge is 2.37. The van der Waals surface area contributed by atoms with E-state index in [-0.39, 0.29) is 30.2 Å². The smallest absolute Gasteiger partial charge is 0.311 e. The van der Waals surface area contributed by atoms with Gasteiger partial charge in [-0.2, -0.15) is 0 Å². The van der Waals surface area contributed by atoms with Gasteiger partial charge in [-0.25, -0.2) is 0 Å². The molecule has 0 saturated carbocycles. The maximum Gasteiger partial charge on any atom is 0.311 e. The van der Waals surface area contributed by atoms with Crippen molar-refractivity contribution in [3.05, 3.63) is 69.9 Å². The monoisotopic (exact) mass is 581 g/mol. The third kappa shape index (κ3) is 7.59. The van der Waals surface area contributed by atoms with E-state index in [1.54, 1.807) is 6.92 Å². The Labute approximate surface area is 249 Å². The summed E-state index contributed by atoms with van der Waals surface area (Å²) < 4.78 is 7.50. The zero-order valence-electron chi connectivity index (χ0n) is 25.9. The summed E-state index contributed by atoms with van der Waals surface area (Å²) in [6.07, 6.45) is 0.571. The van der Waals surface area contributed by atoms with Crippen LogP contribution in [0.3, 0.4) is 0 Å². The molecule has 0 aliphatic rings. The highest BCUT2D eigenvalue weighted by atomic mass is 35.5. The minimum Gasteiger partial charge on any atom is -0.481 e. The van der Waals surface area contributed by atoms with Crippen molar-refractivity contribution in [2.24, 2.45) is 16.2 Å². The number of aromatic nitrogens is 1. The molecule has 41 heavy (non-hydrogen) atoms. The fourth-order valence-electron chi connectivity index (χ4n) is 5.45. The molecule has 0 fully saturated rings. The van der Waals surface area contributed by atoms with Crippen LogP contribution < -0.4 is 0 Å². The van der Waals surface area contributed by atoms with Crippen molar-refractivity contribution in [1.82, 2.24) is 4.57 Å².